The minimum atomic E-state index is -0.483. The highest BCUT2D eigenvalue weighted by molar-refractivity contribution is 5.94. The van der Waals surface area contributed by atoms with E-state index in [2.05, 4.69) is 0 Å². The number of carbonyl (C=O) groups excluding carboxylic acids is 1. The van der Waals surface area contributed by atoms with E-state index in [-0.39, 0.29) is 11.9 Å². The molecular weight excluding hydrogens is 300 g/mol. The molecule has 6 nitrogen and oxygen atoms in total. The van der Waals surface area contributed by atoms with Gasteiger partial charge in [-0.3, -0.25) is 4.79 Å². The Balaban J connectivity index is 2.50. The maximum Gasteiger partial charge on any atom is 0.336 e. The Labute approximate surface area is 132 Å². The molecule has 6 heteroatoms. The van der Waals surface area contributed by atoms with E-state index in [9.17, 15) is 9.59 Å². The van der Waals surface area contributed by atoms with Gasteiger partial charge < -0.3 is 18.6 Å². The molecule has 1 aliphatic rings. The zero-order chi connectivity index (χ0) is 16.9. The van der Waals surface area contributed by atoms with E-state index in [1.807, 2.05) is 20.8 Å². The maximum absolute atomic E-state index is 11.7. The van der Waals surface area contributed by atoms with Crippen LogP contribution in [0.5, 0.6) is 17.2 Å². The summed E-state index contributed by atoms with van der Waals surface area (Å²) in [5.41, 5.74) is 0.216. The van der Waals surface area contributed by atoms with Gasteiger partial charge in [-0.25, -0.2) is 4.79 Å². The van der Waals surface area contributed by atoms with E-state index in [0.29, 0.717) is 28.0 Å². The average Bonchev–Trinajstić information content (AvgIpc) is 2.70. The Morgan fingerprint density at radius 2 is 1.96 bits per heavy atom. The van der Waals surface area contributed by atoms with Crippen LogP contribution in [0.4, 0.5) is 0 Å². The van der Waals surface area contributed by atoms with Gasteiger partial charge in [0.15, 0.2) is 11.5 Å². The number of carbonyl (C=O) groups is 1. The van der Waals surface area contributed by atoms with Crippen LogP contribution in [0.25, 0.3) is 11.0 Å². The molecule has 122 valence electrons. The van der Waals surface area contributed by atoms with E-state index in [1.165, 1.54) is 20.1 Å². The highest BCUT2D eigenvalue weighted by Gasteiger charge is 2.45. The molecule has 1 aliphatic heterocycles. The molecule has 0 saturated heterocycles. The molecule has 23 heavy (non-hydrogen) atoms. The fraction of sp³-hybridized carbons (Fsp3) is 0.412. The van der Waals surface area contributed by atoms with E-state index >= 15 is 0 Å². The standard InChI is InChI=1S/C17H18O6/c1-8-17(3,4)12-13-10(6-7-11(19)23-13)14(20-5)16(15(12)21-8)22-9(2)18/h6-8H,1-5H3/t8-/m1/s1. The number of hydrogen-bond acceptors (Lipinski definition) is 6. The van der Waals surface area contributed by atoms with Gasteiger partial charge in [0.25, 0.3) is 0 Å². The number of methoxy groups -OCH3 is 1. The first-order chi connectivity index (χ1) is 10.8. The van der Waals surface area contributed by atoms with Crippen LogP contribution in [0.1, 0.15) is 33.3 Å². The Morgan fingerprint density at radius 3 is 2.57 bits per heavy atom. The van der Waals surface area contributed by atoms with Crippen LogP contribution in [-0.4, -0.2) is 19.2 Å². The van der Waals surface area contributed by atoms with Crippen LogP contribution in [0.3, 0.4) is 0 Å². The van der Waals surface area contributed by atoms with Gasteiger partial charge in [-0.1, -0.05) is 13.8 Å². The molecule has 1 aromatic heterocycles. The Bertz CT molecular complexity index is 861. The maximum atomic E-state index is 11.7. The first kappa shape index (κ1) is 15.4. The van der Waals surface area contributed by atoms with Crippen LogP contribution < -0.4 is 19.8 Å². The molecule has 0 unspecified atom stereocenters. The molecule has 0 N–H and O–H groups in total. The van der Waals surface area contributed by atoms with Gasteiger partial charge in [-0.05, 0) is 13.0 Å². The van der Waals surface area contributed by atoms with E-state index in [0.717, 1.165) is 0 Å². The summed E-state index contributed by atoms with van der Waals surface area (Å²) in [5.74, 6) is 0.427. The normalized spacial score (nSPS) is 18.4. The van der Waals surface area contributed by atoms with Gasteiger partial charge in [0.1, 0.15) is 11.7 Å². The molecule has 0 aliphatic carbocycles. The Hall–Kier alpha value is -2.50. The summed E-state index contributed by atoms with van der Waals surface area (Å²) in [4.78, 5) is 23.2. The second kappa shape index (κ2) is 5.01. The van der Waals surface area contributed by atoms with Crippen molar-refractivity contribution in [1.82, 2.24) is 0 Å². The lowest BCUT2D eigenvalue weighted by Crippen LogP contribution is -2.29. The second-order valence-electron chi connectivity index (χ2n) is 6.14. The van der Waals surface area contributed by atoms with E-state index < -0.39 is 17.0 Å². The molecule has 0 amide bonds. The first-order valence-corrected chi connectivity index (χ1v) is 7.30. The highest BCUT2D eigenvalue weighted by atomic mass is 16.6. The van der Waals surface area contributed by atoms with Crippen molar-refractivity contribution in [2.75, 3.05) is 7.11 Å². The first-order valence-electron chi connectivity index (χ1n) is 7.30. The molecule has 2 heterocycles. The number of rotatable bonds is 2. The van der Waals surface area contributed by atoms with Crippen molar-refractivity contribution in [2.45, 2.75) is 39.2 Å². The van der Waals surface area contributed by atoms with Crippen LogP contribution in [0.15, 0.2) is 21.3 Å². The van der Waals surface area contributed by atoms with Crippen molar-refractivity contribution in [3.8, 4) is 17.2 Å². The van der Waals surface area contributed by atoms with Gasteiger partial charge in [-0.2, -0.15) is 0 Å². The second-order valence-corrected chi connectivity index (χ2v) is 6.14. The predicted octanol–water partition coefficient (Wildman–Crippen LogP) is 2.79. The zero-order valence-electron chi connectivity index (χ0n) is 13.7. The van der Waals surface area contributed by atoms with Gasteiger partial charge in [0, 0.05) is 18.4 Å². The summed E-state index contributed by atoms with van der Waals surface area (Å²) in [5, 5.41) is 0.563. The smallest absolute Gasteiger partial charge is 0.336 e. The summed E-state index contributed by atoms with van der Waals surface area (Å²) >= 11 is 0. The van der Waals surface area contributed by atoms with Gasteiger partial charge in [-0.15, -0.1) is 0 Å². The SMILES string of the molecule is COc1c(OC(C)=O)c2c(c3oc(=O)ccc13)C(C)(C)[C@@H](C)O2. The Kier molecular flexibility index (Phi) is 3.35. The molecule has 3 rings (SSSR count). The monoisotopic (exact) mass is 318 g/mol. The molecule has 0 spiro atoms. The van der Waals surface area contributed by atoms with Crippen molar-refractivity contribution in [1.29, 1.82) is 0 Å². The summed E-state index contributed by atoms with van der Waals surface area (Å²) in [6.45, 7) is 7.20. The molecule has 0 radical (unpaired) electrons. The lowest BCUT2D eigenvalue weighted by atomic mass is 9.80. The van der Waals surface area contributed by atoms with Crippen LogP contribution in [0.2, 0.25) is 0 Å². The fourth-order valence-corrected chi connectivity index (χ4v) is 2.89. The fourth-order valence-electron chi connectivity index (χ4n) is 2.89. The van der Waals surface area contributed by atoms with Crippen molar-refractivity contribution in [3.05, 3.63) is 28.1 Å². The van der Waals surface area contributed by atoms with Crippen molar-refractivity contribution in [3.63, 3.8) is 0 Å². The number of benzene rings is 1. The van der Waals surface area contributed by atoms with Crippen molar-refractivity contribution >= 4 is 16.9 Å². The zero-order valence-corrected chi connectivity index (χ0v) is 13.7. The molecule has 0 fully saturated rings. The predicted molar refractivity (Wildman–Crippen MR) is 83.5 cm³/mol. The Morgan fingerprint density at radius 1 is 1.26 bits per heavy atom. The number of fused-ring (bicyclic) bond motifs is 3. The average molecular weight is 318 g/mol. The molecule has 1 atom stereocenters. The van der Waals surface area contributed by atoms with Crippen molar-refractivity contribution in [2.24, 2.45) is 0 Å². The quantitative estimate of drug-likeness (QED) is 0.481. The molecule has 0 saturated carbocycles. The third-order valence-electron chi connectivity index (χ3n) is 4.35. The number of ether oxygens (including phenoxy) is 3. The molecular formula is C17H18O6. The van der Waals surface area contributed by atoms with Crippen LogP contribution >= 0.6 is 0 Å². The molecule has 2 aromatic rings. The van der Waals surface area contributed by atoms with Crippen LogP contribution in [0, 0.1) is 0 Å². The van der Waals surface area contributed by atoms with Crippen LogP contribution in [-0.2, 0) is 10.2 Å². The van der Waals surface area contributed by atoms with E-state index in [1.54, 1.807) is 6.07 Å². The van der Waals surface area contributed by atoms with Gasteiger partial charge in [0.05, 0.1) is 18.1 Å². The van der Waals surface area contributed by atoms with Gasteiger partial charge in [0.2, 0.25) is 5.75 Å². The minimum Gasteiger partial charge on any atom is -0.492 e. The molecule has 0 bridgehead atoms. The third-order valence-corrected chi connectivity index (χ3v) is 4.35. The summed E-state index contributed by atoms with van der Waals surface area (Å²) < 4.78 is 22.1. The summed E-state index contributed by atoms with van der Waals surface area (Å²) in [7, 11) is 1.46. The topological polar surface area (TPSA) is 75.0 Å². The largest absolute Gasteiger partial charge is 0.492 e. The van der Waals surface area contributed by atoms with E-state index in [4.69, 9.17) is 18.6 Å². The van der Waals surface area contributed by atoms with Gasteiger partial charge >= 0.3 is 11.6 Å². The minimum absolute atomic E-state index is 0.187. The highest BCUT2D eigenvalue weighted by Crippen LogP contribution is 2.55. The third kappa shape index (κ3) is 2.17. The number of esters is 1. The lowest BCUT2D eigenvalue weighted by Gasteiger charge is -2.22. The lowest BCUT2D eigenvalue weighted by molar-refractivity contribution is -0.132. The number of hydrogen-bond donors (Lipinski definition) is 0. The molecule has 1 aromatic carbocycles. The summed E-state index contributed by atoms with van der Waals surface area (Å²) in [6, 6.07) is 2.91. The summed E-state index contributed by atoms with van der Waals surface area (Å²) in [6.07, 6.45) is -0.187. The van der Waals surface area contributed by atoms with Crippen molar-refractivity contribution < 1.29 is 23.4 Å².